The van der Waals surface area contributed by atoms with Gasteiger partial charge in [0.2, 0.25) is 5.91 Å². The number of amides is 1. The lowest BCUT2D eigenvalue weighted by atomic mass is 10.0. The second-order valence-corrected chi connectivity index (χ2v) is 9.51. The van der Waals surface area contributed by atoms with Crippen molar-refractivity contribution < 1.29 is 18.8 Å². The largest absolute Gasteiger partial charge is 0.421 e. The number of carbonyl (C=O) groups excluding carboxylic acids is 1. The van der Waals surface area contributed by atoms with Crippen molar-refractivity contribution in [2.75, 3.05) is 16.8 Å². The molecule has 0 atom stereocenters. The summed E-state index contributed by atoms with van der Waals surface area (Å²) in [7, 11) is 0. The van der Waals surface area contributed by atoms with Gasteiger partial charge in [0.05, 0.1) is 21.6 Å². The van der Waals surface area contributed by atoms with Gasteiger partial charge in [-0.05, 0) is 43.7 Å². The number of ether oxygens (including phenoxy) is 1. The predicted octanol–water partition coefficient (Wildman–Crippen LogP) is 5.45. The van der Waals surface area contributed by atoms with Crippen LogP contribution in [0.3, 0.4) is 0 Å². The molecule has 0 saturated heterocycles. The van der Waals surface area contributed by atoms with Gasteiger partial charge in [-0.2, -0.15) is 0 Å². The molecule has 0 fully saturated rings. The van der Waals surface area contributed by atoms with E-state index in [0.29, 0.717) is 58.0 Å². The van der Waals surface area contributed by atoms with E-state index in [1.54, 1.807) is 38.1 Å². The number of carbonyl (C=O) groups is 1. The van der Waals surface area contributed by atoms with E-state index >= 15 is 4.39 Å². The number of nitrogens with one attached hydrogen (secondary N) is 1. The number of hydrogen-bond acceptors (Lipinski definition) is 9. The summed E-state index contributed by atoms with van der Waals surface area (Å²) in [6.45, 7) is 5.83. The standard InChI is InChI=1S/C28H23FN8O4/c1-15-9-10-30-28(33-15)41-22-8-7-18(13-19(22)29)23-24-25(34-17(3)38)31-14-32-26(24)36-12-11-35(27(23)36)20-5-4-6-21(16(20)2)37(39)40/h4-10,13-14H,11-12H2,1-3H3,(H,31,32,34,38). The minimum absolute atomic E-state index is 0.0109. The molecule has 13 heteroatoms. The highest BCUT2D eigenvalue weighted by Crippen LogP contribution is 2.48. The maximum absolute atomic E-state index is 15.5. The monoisotopic (exact) mass is 554 g/mol. The molecule has 6 rings (SSSR count). The van der Waals surface area contributed by atoms with Gasteiger partial charge in [0.25, 0.3) is 5.69 Å². The lowest BCUT2D eigenvalue weighted by Gasteiger charge is -2.22. The van der Waals surface area contributed by atoms with Crippen molar-refractivity contribution in [3.8, 4) is 22.9 Å². The number of nitro benzene ring substituents is 1. The van der Waals surface area contributed by atoms with Crippen molar-refractivity contribution >= 4 is 40.0 Å². The number of rotatable bonds is 6. The normalized spacial score (nSPS) is 12.4. The first-order chi connectivity index (χ1) is 19.7. The van der Waals surface area contributed by atoms with E-state index in [0.717, 1.165) is 0 Å². The molecule has 0 unspecified atom stereocenters. The Kier molecular flexibility index (Phi) is 6.25. The number of fused-ring (bicyclic) bond motifs is 3. The van der Waals surface area contributed by atoms with Gasteiger partial charge < -0.3 is 19.5 Å². The fourth-order valence-corrected chi connectivity index (χ4v) is 5.14. The molecular formula is C28H23FN8O4. The van der Waals surface area contributed by atoms with Crippen molar-refractivity contribution in [2.45, 2.75) is 27.3 Å². The molecule has 4 heterocycles. The number of benzene rings is 2. The van der Waals surface area contributed by atoms with Crippen LogP contribution in [0.2, 0.25) is 0 Å². The number of anilines is 3. The van der Waals surface area contributed by atoms with E-state index in [9.17, 15) is 14.9 Å². The van der Waals surface area contributed by atoms with Gasteiger partial charge in [-0.1, -0.05) is 12.1 Å². The zero-order valence-corrected chi connectivity index (χ0v) is 22.3. The summed E-state index contributed by atoms with van der Waals surface area (Å²) >= 11 is 0. The number of aromatic nitrogens is 5. The first-order valence-electron chi connectivity index (χ1n) is 12.7. The molecule has 1 amide bonds. The van der Waals surface area contributed by atoms with Crippen LogP contribution < -0.4 is 15.0 Å². The Hall–Kier alpha value is -5.46. The second-order valence-electron chi connectivity index (χ2n) is 9.51. The Bertz CT molecular complexity index is 1870. The highest BCUT2D eigenvalue weighted by atomic mass is 19.1. The fourth-order valence-electron chi connectivity index (χ4n) is 5.14. The van der Waals surface area contributed by atoms with E-state index in [-0.39, 0.29) is 29.2 Å². The van der Waals surface area contributed by atoms with E-state index in [2.05, 4.69) is 25.3 Å². The lowest BCUT2D eigenvalue weighted by Crippen LogP contribution is -2.16. The maximum atomic E-state index is 15.5. The number of halogens is 1. The number of nitro groups is 1. The zero-order chi connectivity index (χ0) is 28.8. The summed E-state index contributed by atoms with van der Waals surface area (Å²) in [5, 5.41) is 15.0. The predicted molar refractivity (Wildman–Crippen MR) is 149 cm³/mol. The van der Waals surface area contributed by atoms with Gasteiger partial charge in [0.15, 0.2) is 11.6 Å². The van der Waals surface area contributed by atoms with Crippen LogP contribution in [-0.4, -0.2) is 41.9 Å². The summed E-state index contributed by atoms with van der Waals surface area (Å²) in [5.41, 5.74) is 3.35. The molecule has 2 aromatic carbocycles. The van der Waals surface area contributed by atoms with Crippen LogP contribution in [0.5, 0.6) is 11.8 Å². The van der Waals surface area contributed by atoms with Crippen molar-refractivity contribution in [3.05, 3.63) is 82.2 Å². The van der Waals surface area contributed by atoms with Gasteiger partial charge in [-0.3, -0.25) is 14.9 Å². The van der Waals surface area contributed by atoms with Crippen LogP contribution >= 0.6 is 0 Å². The average molecular weight is 555 g/mol. The van der Waals surface area contributed by atoms with Crippen LogP contribution in [0.15, 0.2) is 55.0 Å². The smallest absolute Gasteiger partial charge is 0.322 e. The quantitative estimate of drug-likeness (QED) is 0.214. The molecule has 1 aliphatic heterocycles. The van der Waals surface area contributed by atoms with Gasteiger partial charge in [0, 0.05) is 43.5 Å². The van der Waals surface area contributed by atoms with E-state index < -0.39 is 10.7 Å². The maximum Gasteiger partial charge on any atom is 0.322 e. The van der Waals surface area contributed by atoms with Gasteiger partial charge in [-0.25, -0.2) is 24.3 Å². The highest BCUT2D eigenvalue weighted by Gasteiger charge is 2.33. The van der Waals surface area contributed by atoms with Crippen LogP contribution in [0.4, 0.5) is 27.4 Å². The number of hydrogen-bond donors (Lipinski definition) is 1. The Morgan fingerprint density at radius 2 is 1.95 bits per heavy atom. The van der Waals surface area contributed by atoms with Crippen LogP contribution in [0.25, 0.3) is 22.2 Å². The van der Waals surface area contributed by atoms with Gasteiger partial charge >= 0.3 is 6.01 Å². The summed E-state index contributed by atoms with van der Waals surface area (Å²) in [6, 6.07) is 11.1. The van der Waals surface area contributed by atoms with Crippen LogP contribution in [0, 0.1) is 29.8 Å². The molecule has 0 aliphatic carbocycles. The van der Waals surface area contributed by atoms with E-state index in [1.165, 1.54) is 37.6 Å². The lowest BCUT2D eigenvalue weighted by molar-refractivity contribution is -0.385. The minimum atomic E-state index is -0.658. The molecular weight excluding hydrogens is 531 g/mol. The molecule has 5 aromatic rings. The van der Waals surface area contributed by atoms with Crippen LogP contribution in [-0.2, 0) is 11.3 Å². The van der Waals surface area contributed by atoms with Gasteiger partial charge in [-0.15, -0.1) is 0 Å². The molecule has 0 spiro atoms. The molecule has 206 valence electrons. The first kappa shape index (κ1) is 25.8. The Balaban J connectivity index is 1.56. The van der Waals surface area contributed by atoms with Crippen molar-refractivity contribution in [2.24, 2.45) is 0 Å². The SMILES string of the molecule is CC(=O)Nc1ncnc2c1c(-c1ccc(Oc3nccc(C)n3)c(F)c1)c1n2CCN1c1cccc([N+](=O)[O-])c1C. The Morgan fingerprint density at radius 1 is 1.12 bits per heavy atom. The Labute approximate surface area is 232 Å². The molecule has 0 bridgehead atoms. The molecule has 3 aromatic heterocycles. The fraction of sp³-hybridized carbons (Fsp3) is 0.179. The number of aryl methyl sites for hydroxylation is 1. The second kappa shape index (κ2) is 9.93. The van der Waals surface area contributed by atoms with Crippen molar-refractivity contribution in [1.82, 2.24) is 24.5 Å². The minimum Gasteiger partial charge on any atom is -0.421 e. The topological polar surface area (TPSA) is 141 Å². The molecule has 0 saturated carbocycles. The van der Waals surface area contributed by atoms with Gasteiger partial charge in [0.1, 0.15) is 23.6 Å². The molecule has 0 radical (unpaired) electrons. The first-order valence-corrected chi connectivity index (χ1v) is 12.7. The molecule has 12 nitrogen and oxygen atoms in total. The third-order valence-corrected chi connectivity index (χ3v) is 6.87. The summed E-state index contributed by atoms with van der Waals surface area (Å²) in [4.78, 5) is 42.3. The summed E-state index contributed by atoms with van der Waals surface area (Å²) < 4.78 is 23.1. The average Bonchev–Trinajstić information content (AvgIpc) is 3.49. The van der Waals surface area contributed by atoms with E-state index in [4.69, 9.17) is 4.74 Å². The van der Waals surface area contributed by atoms with Crippen molar-refractivity contribution in [3.63, 3.8) is 0 Å². The summed E-state index contributed by atoms with van der Waals surface area (Å²) in [6.07, 6.45) is 2.87. The van der Waals surface area contributed by atoms with Crippen molar-refractivity contribution in [1.29, 1.82) is 0 Å². The van der Waals surface area contributed by atoms with E-state index in [1.807, 2.05) is 9.47 Å². The molecule has 41 heavy (non-hydrogen) atoms. The van der Waals surface area contributed by atoms with Crippen LogP contribution in [0.1, 0.15) is 18.2 Å². The third-order valence-electron chi connectivity index (χ3n) is 6.87. The molecule has 1 N–H and O–H groups in total. The Morgan fingerprint density at radius 3 is 2.68 bits per heavy atom. The summed E-state index contributed by atoms with van der Waals surface area (Å²) in [5.74, 6) is -0.143. The third kappa shape index (κ3) is 4.46. The number of nitrogens with zero attached hydrogens (tertiary/aromatic N) is 7. The molecule has 1 aliphatic rings. The highest BCUT2D eigenvalue weighted by molar-refractivity contribution is 6.11. The zero-order valence-electron chi connectivity index (χ0n) is 22.3.